The first-order chi connectivity index (χ1) is 8.16. The molecule has 0 saturated heterocycles. The van der Waals surface area contributed by atoms with E-state index in [0.29, 0.717) is 0 Å². The van der Waals surface area contributed by atoms with Crippen LogP contribution in [0.1, 0.15) is 91.4 Å². The van der Waals surface area contributed by atoms with E-state index in [2.05, 4.69) is 27.4 Å². The van der Waals surface area contributed by atoms with Gasteiger partial charge in [-0.3, -0.25) is 0 Å². The van der Waals surface area contributed by atoms with Gasteiger partial charge in [0, 0.05) is 0 Å². The Morgan fingerprint density at radius 3 is 2.00 bits per heavy atom. The van der Waals surface area contributed by atoms with Crippen LogP contribution in [0.15, 0.2) is 12.2 Å². The minimum Gasteiger partial charge on any atom is -0.100 e. The average Bonchev–Trinajstić information content (AvgIpc) is 2.27. The molecule has 0 nitrogen and oxygen atoms in total. The number of hydrogen-bond acceptors (Lipinski definition) is 0. The van der Waals surface area contributed by atoms with E-state index in [9.17, 15) is 0 Å². The van der Waals surface area contributed by atoms with Crippen molar-refractivity contribution in [1.82, 2.24) is 0 Å². The second-order valence-corrected chi connectivity index (χ2v) is 5.86. The van der Waals surface area contributed by atoms with Gasteiger partial charge in [-0.15, -0.1) is 6.58 Å². The van der Waals surface area contributed by atoms with E-state index in [-0.39, 0.29) is 0 Å². The molecule has 0 bridgehead atoms. The highest BCUT2D eigenvalue weighted by atomic mass is 14.1. The molecule has 0 aliphatic heterocycles. The topological polar surface area (TPSA) is 0 Å². The van der Waals surface area contributed by atoms with Crippen LogP contribution in [0, 0.1) is 5.92 Å². The Labute approximate surface area is 110 Å². The lowest BCUT2D eigenvalue weighted by Gasteiger charge is -2.10. The van der Waals surface area contributed by atoms with Gasteiger partial charge in [0.1, 0.15) is 0 Å². The first-order valence-corrected chi connectivity index (χ1v) is 7.81. The van der Waals surface area contributed by atoms with Crippen molar-refractivity contribution in [3.63, 3.8) is 0 Å². The van der Waals surface area contributed by atoms with Crippen LogP contribution in [0.4, 0.5) is 0 Å². The van der Waals surface area contributed by atoms with Gasteiger partial charge in [-0.2, -0.15) is 0 Å². The van der Waals surface area contributed by atoms with Gasteiger partial charge in [-0.25, -0.2) is 0 Å². The van der Waals surface area contributed by atoms with Crippen molar-refractivity contribution in [1.29, 1.82) is 0 Å². The molecule has 0 aliphatic carbocycles. The zero-order valence-electron chi connectivity index (χ0n) is 12.6. The first-order valence-electron chi connectivity index (χ1n) is 7.81. The van der Waals surface area contributed by atoms with Crippen molar-refractivity contribution in [2.24, 2.45) is 5.92 Å². The number of hydrogen-bond donors (Lipinski definition) is 0. The molecule has 102 valence electrons. The van der Waals surface area contributed by atoms with Gasteiger partial charge >= 0.3 is 0 Å². The van der Waals surface area contributed by atoms with Crippen LogP contribution < -0.4 is 0 Å². The van der Waals surface area contributed by atoms with Crippen molar-refractivity contribution in [2.45, 2.75) is 91.4 Å². The summed E-state index contributed by atoms with van der Waals surface area (Å²) < 4.78 is 0. The third-order valence-electron chi connectivity index (χ3n) is 3.60. The summed E-state index contributed by atoms with van der Waals surface area (Å²) in [7, 11) is 0. The third-order valence-corrected chi connectivity index (χ3v) is 3.60. The fourth-order valence-electron chi connectivity index (χ4n) is 2.35. The van der Waals surface area contributed by atoms with E-state index in [1.54, 1.807) is 0 Å². The highest BCUT2D eigenvalue weighted by molar-refractivity contribution is 4.87. The zero-order valence-corrected chi connectivity index (χ0v) is 12.6. The Balaban J connectivity index is 3.16. The fourth-order valence-corrected chi connectivity index (χ4v) is 2.35. The molecule has 0 fully saturated rings. The van der Waals surface area contributed by atoms with E-state index in [0.717, 1.165) is 5.92 Å². The molecule has 0 rings (SSSR count). The monoisotopic (exact) mass is 238 g/mol. The number of allylic oxidation sites excluding steroid dienone is 1. The van der Waals surface area contributed by atoms with E-state index >= 15 is 0 Å². The smallest absolute Gasteiger partial charge is 0.0326 e. The van der Waals surface area contributed by atoms with Crippen molar-refractivity contribution in [3.8, 4) is 0 Å². The second kappa shape index (κ2) is 12.2. The van der Waals surface area contributed by atoms with E-state index in [1.807, 2.05) is 0 Å². The molecule has 0 spiro atoms. The predicted octanol–water partition coefficient (Wildman–Crippen LogP) is 6.51. The number of rotatable bonds is 12. The molecule has 0 heterocycles. The largest absolute Gasteiger partial charge is 0.100 e. The molecule has 1 atom stereocenters. The van der Waals surface area contributed by atoms with Gasteiger partial charge in [0.05, 0.1) is 0 Å². The lowest BCUT2D eigenvalue weighted by atomic mass is 9.96. The van der Waals surface area contributed by atoms with Crippen LogP contribution in [0.3, 0.4) is 0 Å². The van der Waals surface area contributed by atoms with E-state index < -0.39 is 0 Å². The summed E-state index contributed by atoms with van der Waals surface area (Å²) in [6.45, 7) is 10.8. The molecule has 0 radical (unpaired) electrons. The summed E-state index contributed by atoms with van der Waals surface area (Å²) in [5.74, 6) is 0.921. The van der Waals surface area contributed by atoms with Crippen LogP contribution in [-0.4, -0.2) is 0 Å². The van der Waals surface area contributed by atoms with Gasteiger partial charge in [0.2, 0.25) is 0 Å². The summed E-state index contributed by atoms with van der Waals surface area (Å²) >= 11 is 0. The van der Waals surface area contributed by atoms with Crippen molar-refractivity contribution < 1.29 is 0 Å². The van der Waals surface area contributed by atoms with Crippen LogP contribution in [-0.2, 0) is 0 Å². The Kier molecular flexibility index (Phi) is 12.0. The standard InChI is InChI=1S/C17H34/c1-5-6-7-8-9-10-11-14-17(4)15-12-13-16(2)3/h17H,2,5-15H2,1,3-4H3. The lowest BCUT2D eigenvalue weighted by Crippen LogP contribution is -1.95. The third kappa shape index (κ3) is 13.7. The molecule has 0 aromatic carbocycles. The summed E-state index contributed by atoms with van der Waals surface area (Å²) in [6.07, 6.45) is 15.4. The predicted molar refractivity (Wildman–Crippen MR) is 80.4 cm³/mol. The summed E-state index contributed by atoms with van der Waals surface area (Å²) in [6, 6.07) is 0. The molecule has 0 amide bonds. The molecule has 1 unspecified atom stereocenters. The molecule has 0 aromatic heterocycles. The average molecular weight is 238 g/mol. The molecule has 0 aromatic rings. The normalized spacial score (nSPS) is 12.6. The van der Waals surface area contributed by atoms with Crippen LogP contribution in [0.5, 0.6) is 0 Å². The minimum absolute atomic E-state index is 0.921. The Morgan fingerprint density at radius 1 is 0.882 bits per heavy atom. The molecule has 0 N–H and O–H groups in total. The summed E-state index contributed by atoms with van der Waals surface area (Å²) in [4.78, 5) is 0. The molecule has 0 aliphatic rings. The van der Waals surface area contributed by atoms with Gasteiger partial charge in [0.15, 0.2) is 0 Å². The maximum atomic E-state index is 3.96. The van der Waals surface area contributed by atoms with E-state index in [4.69, 9.17) is 0 Å². The maximum absolute atomic E-state index is 3.96. The lowest BCUT2D eigenvalue weighted by molar-refractivity contribution is 0.443. The van der Waals surface area contributed by atoms with Gasteiger partial charge in [-0.05, 0) is 25.7 Å². The zero-order chi connectivity index (χ0) is 12.9. The maximum Gasteiger partial charge on any atom is -0.0326 e. The highest BCUT2D eigenvalue weighted by Crippen LogP contribution is 2.18. The Morgan fingerprint density at radius 2 is 1.41 bits per heavy atom. The Bertz CT molecular complexity index is 169. The molecule has 0 heteroatoms. The molecule has 17 heavy (non-hydrogen) atoms. The quantitative estimate of drug-likeness (QED) is 0.268. The van der Waals surface area contributed by atoms with Crippen LogP contribution >= 0.6 is 0 Å². The highest BCUT2D eigenvalue weighted by Gasteiger charge is 2.01. The molecular formula is C17H34. The fraction of sp³-hybridized carbons (Fsp3) is 0.882. The summed E-state index contributed by atoms with van der Waals surface area (Å²) in [5, 5.41) is 0. The van der Waals surface area contributed by atoms with Crippen molar-refractivity contribution in [3.05, 3.63) is 12.2 Å². The second-order valence-electron chi connectivity index (χ2n) is 5.86. The van der Waals surface area contributed by atoms with Gasteiger partial charge < -0.3 is 0 Å². The first kappa shape index (κ1) is 16.7. The minimum atomic E-state index is 0.921. The van der Waals surface area contributed by atoms with Crippen LogP contribution in [0.25, 0.3) is 0 Å². The SMILES string of the molecule is C=C(C)CCCC(C)CCCCCCCCC. The molecular weight excluding hydrogens is 204 g/mol. The van der Waals surface area contributed by atoms with Gasteiger partial charge in [-0.1, -0.05) is 77.2 Å². The van der Waals surface area contributed by atoms with E-state index in [1.165, 1.54) is 76.2 Å². The van der Waals surface area contributed by atoms with Crippen molar-refractivity contribution in [2.75, 3.05) is 0 Å². The number of unbranched alkanes of at least 4 members (excludes halogenated alkanes) is 6. The van der Waals surface area contributed by atoms with Gasteiger partial charge in [0.25, 0.3) is 0 Å². The Hall–Kier alpha value is -0.260. The van der Waals surface area contributed by atoms with Crippen LogP contribution in [0.2, 0.25) is 0 Å². The van der Waals surface area contributed by atoms with Crippen molar-refractivity contribution >= 4 is 0 Å². The summed E-state index contributed by atoms with van der Waals surface area (Å²) in [5.41, 5.74) is 1.34. The molecule has 0 saturated carbocycles.